The highest BCUT2D eigenvalue weighted by atomic mass is 16.5. The number of imidazole rings is 1. The smallest absolute Gasteiger partial charge is 0.227 e. The molecule has 2 aliphatic rings. The first-order chi connectivity index (χ1) is 13.8. The highest BCUT2D eigenvalue weighted by molar-refractivity contribution is 5.82. The van der Waals surface area contributed by atoms with Gasteiger partial charge >= 0.3 is 0 Å². The lowest BCUT2D eigenvalue weighted by atomic mass is 10.2. The molecular formula is C18H23N9O. The second-order valence-electron chi connectivity index (χ2n) is 7.11. The number of ether oxygens (including phenoxy) is 1. The van der Waals surface area contributed by atoms with E-state index in [0.717, 1.165) is 68.9 Å². The van der Waals surface area contributed by atoms with Gasteiger partial charge in [-0.05, 0) is 12.5 Å². The quantitative estimate of drug-likeness (QED) is 0.700. The van der Waals surface area contributed by atoms with E-state index in [2.05, 4.69) is 46.7 Å². The maximum Gasteiger partial charge on any atom is 0.227 e. The Balaban J connectivity index is 1.32. The van der Waals surface area contributed by atoms with Crippen molar-refractivity contribution >= 4 is 28.7 Å². The minimum absolute atomic E-state index is 0.348. The fraction of sp³-hybridized carbons (Fsp3) is 0.500. The molecule has 5 heterocycles. The molecule has 3 aromatic heterocycles. The van der Waals surface area contributed by atoms with Crippen LogP contribution in [0, 0.1) is 0 Å². The Labute approximate surface area is 162 Å². The minimum atomic E-state index is 0.348. The molecule has 0 aliphatic carbocycles. The highest BCUT2D eigenvalue weighted by Crippen LogP contribution is 2.27. The van der Waals surface area contributed by atoms with E-state index in [1.54, 1.807) is 12.7 Å². The molecule has 2 aliphatic heterocycles. The van der Waals surface area contributed by atoms with Crippen molar-refractivity contribution in [3.05, 3.63) is 24.9 Å². The molecule has 0 spiro atoms. The maximum atomic E-state index is 5.43. The molecule has 10 heteroatoms. The number of likely N-dealkylation sites (N-methyl/N-ethyl adjacent to an activating group) is 1. The molecule has 146 valence electrons. The molecule has 0 saturated carbocycles. The molecule has 2 fully saturated rings. The van der Waals surface area contributed by atoms with Gasteiger partial charge in [0.2, 0.25) is 5.95 Å². The molecule has 1 unspecified atom stereocenters. The number of fused-ring (bicyclic) bond motifs is 1. The average molecular weight is 381 g/mol. The number of aromatic nitrogens is 6. The molecule has 10 nitrogen and oxygen atoms in total. The number of H-pyrrole nitrogens is 1. The third kappa shape index (κ3) is 3.09. The van der Waals surface area contributed by atoms with Gasteiger partial charge in [-0.15, -0.1) is 0 Å². The number of hydrogen-bond donors (Lipinski definition) is 1. The first-order valence-electron chi connectivity index (χ1n) is 9.57. The summed E-state index contributed by atoms with van der Waals surface area (Å²) in [6.07, 6.45) is 6.12. The van der Waals surface area contributed by atoms with Crippen LogP contribution in [0.15, 0.2) is 24.9 Å². The van der Waals surface area contributed by atoms with Gasteiger partial charge in [0, 0.05) is 45.5 Å². The number of hydrogen-bond acceptors (Lipinski definition) is 9. The lowest BCUT2D eigenvalue weighted by Gasteiger charge is -2.29. The zero-order valence-corrected chi connectivity index (χ0v) is 15.8. The summed E-state index contributed by atoms with van der Waals surface area (Å²) in [5, 5.41) is 0. The van der Waals surface area contributed by atoms with E-state index in [4.69, 9.17) is 9.72 Å². The van der Waals surface area contributed by atoms with Crippen molar-refractivity contribution in [2.45, 2.75) is 12.5 Å². The van der Waals surface area contributed by atoms with Gasteiger partial charge in [0.1, 0.15) is 17.7 Å². The van der Waals surface area contributed by atoms with Gasteiger partial charge in [-0.3, -0.25) is 0 Å². The molecular weight excluding hydrogens is 358 g/mol. The van der Waals surface area contributed by atoms with Gasteiger partial charge in [0.15, 0.2) is 11.5 Å². The Hall–Kier alpha value is -3.01. The summed E-state index contributed by atoms with van der Waals surface area (Å²) in [7, 11) is 2.10. The summed E-state index contributed by atoms with van der Waals surface area (Å²) in [5.41, 5.74) is 1.59. The summed E-state index contributed by atoms with van der Waals surface area (Å²) in [6.45, 7) is 4.92. The minimum Gasteiger partial charge on any atom is -0.378 e. The summed E-state index contributed by atoms with van der Waals surface area (Å²) in [4.78, 5) is 32.1. The Morgan fingerprint density at radius 2 is 2.00 bits per heavy atom. The van der Waals surface area contributed by atoms with E-state index in [-0.39, 0.29) is 0 Å². The van der Waals surface area contributed by atoms with E-state index in [1.165, 1.54) is 0 Å². The van der Waals surface area contributed by atoms with Gasteiger partial charge < -0.3 is 24.4 Å². The first kappa shape index (κ1) is 17.1. The number of aromatic amines is 1. The molecule has 2 saturated heterocycles. The van der Waals surface area contributed by atoms with Crippen molar-refractivity contribution in [1.82, 2.24) is 29.9 Å². The molecule has 0 radical (unpaired) electrons. The third-order valence-electron chi connectivity index (χ3n) is 5.50. The average Bonchev–Trinajstić information content (AvgIpc) is 3.43. The lowest BCUT2D eigenvalue weighted by Crippen LogP contribution is -2.38. The van der Waals surface area contributed by atoms with Gasteiger partial charge in [0.25, 0.3) is 0 Å². The van der Waals surface area contributed by atoms with Crippen LogP contribution in [0.25, 0.3) is 11.2 Å². The van der Waals surface area contributed by atoms with Crippen LogP contribution < -0.4 is 14.7 Å². The summed E-state index contributed by atoms with van der Waals surface area (Å²) in [5.74, 6) is 2.63. The summed E-state index contributed by atoms with van der Waals surface area (Å²) in [6, 6.07) is 2.32. The topological polar surface area (TPSA) is 99.2 Å². The molecule has 1 N–H and O–H groups in total. The fourth-order valence-corrected chi connectivity index (χ4v) is 3.88. The molecule has 1 atom stereocenters. The van der Waals surface area contributed by atoms with Crippen molar-refractivity contribution in [3.8, 4) is 0 Å². The number of nitrogens with one attached hydrogen (secondary N) is 1. The van der Waals surface area contributed by atoms with Crippen LogP contribution in [0.1, 0.15) is 6.42 Å². The fourth-order valence-electron chi connectivity index (χ4n) is 3.88. The standard InChI is InChI=1S/C18H23N9O/c1-25(14-2-4-19-18(24-14)26-6-8-28-9-7-26)13-3-5-27(10-13)17-15-16(21-11-20-15)22-12-23-17/h2,4,11-13H,3,5-10H2,1H3,(H,20,21,22,23). The van der Waals surface area contributed by atoms with Crippen molar-refractivity contribution in [2.75, 3.05) is 61.1 Å². The Morgan fingerprint density at radius 1 is 1.11 bits per heavy atom. The van der Waals surface area contributed by atoms with Crippen molar-refractivity contribution < 1.29 is 4.74 Å². The van der Waals surface area contributed by atoms with Crippen molar-refractivity contribution in [3.63, 3.8) is 0 Å². The van der Waals surface area contributed by atoms with E-state index in [9.17, 15) is 0 Å². The molecule has 0 amide bonds. The van der Waals surface area contributed by atoms with E-state index >= 15 is 0 Å². The van der Waals surface area contributed by atoms with Gasteiger partial charge in [0.05, 0.1) is 19.5 Å². The SMILES string of the molecule is CN(c1ccnc(N2CCOCC2)n1)C1CCN(c2ncnc3nc[nH]c23)C1. The largest absolute Gasteiger partial charge is 0.378 e. The van der Waals surface area contributed by atoms with Crippen LogP contribution in [0.4, 0.5) is 17.6 Å². The molecule has 0 aromatic carbocycles. The van der Waals surface area contributed by atoms with E-state index in [0.29, 0.717) is 11.7 Å². The first-order valence-corrected chi connectivity index (χ1v) is 9.57. The monoisotopic (exact) mass is 381 g/mol. The maximum absolute atomic E-state index is 5.43. The van der Waals surface area contributed by atoms with Crippen molar-refractivity contribution in [1.29, 1.82) is 0 Å². The van der Waals surface area contributed by atoms with E-state index in [1.807, 2.05) is 12.3 Å². The zero-order chi connectivity index (χ0) is 18.9. The third-order valence-corrected chi connectivity index (χ3v) is 5.50. The molecule has 3 aromatic rings. The normalized spacial score (nSPS) is 20.1. The zero-order valence-electron chi connectivity index (χ0n) is 15.8. The van der Waals surface area contributed by atoms with Gasteiger partial charge in [-0.1, -0.05) is 0 Å². The molecule has 28 heavy (non-hydrogen) atoms. The van der Waals surface area contributed by atoms with Crippen LogP contribution in [0.2, 0.25) is 0 Å². The predicted octanol–water partition coefficient (Wildman–Crippen LogP) is 0.695. The highest BCUT2D eigenvalue weighted by Gasteiger charge is 2.29. The second kappa shape index (κ2) is 7.19. The van der Waals surface area contributed by atoms with Crippen LogP contribution in [-0.4, -0.2) is 82.4 Å². The van der Waals surface area contributed by atoms with Crippen LogP contribution in [0.5, 0.6) is 0 Å². The predicted molar refractivity (Wildman–Crippen MR) is 106 cm³/mol. The summed E-state index contributed by atoms with van der Waals surface area (Å²) >= 11 is 0. The van der Waals surface area contributed by atoms with Crippen LogP contribution in [-0.2, 0) is 4.74 Å². The van der Waals surface area contributed by atoms with Crippen LogP contribution in [0.3, 0.4) is 0 Å². The number of nitrogens with zero attached hydrogens (tertiary/aromatic N) is 8. The second-order valence-corrected chi connectivity index (χ2v) is 7.11. The Morgan fingerprint density at radius 3 is 2.89 bits per heavy atom. The van der Waals surface area contributed by atoms with Gasteiger partial charge in [-0.2, -0.15) is 4.98 Å². The van der Waals surface area contributed by atoms with Gasteiger partial charge in [-0.25, -0.2) is 19.9 Å². The number of anilines is 3. The number of morpholine rings is 1. The molecule has 5 rings (SSSR count). The lowest BCUT2D eigenvalue weighted by molar-refractivity contribution is 0.122. The van der Waals surface area contributed by atoms with Crippen LogP contribution >= 0.6 is 0 Å². The Bertz CT molecular complexity index is 955. The number of rotatable bonds is 4. The van der Waals surface area contributed by atoms with Crippen molar-refractivity contribution in [2.24, 2.45) is 0 Å². The summed E-state index contributed by atoms with van der Waals surface area (Å²) < 4.78 is 5.43. The Kier molecular flexibility index (Phi) is 4.40. The molecule has 0 bridgehead atoms. The van der Waals surface area contributed by atoms with E-state index < -0.39 is 0 Å².